The number of ether oxygens (including phenoxy) is 1. The van der Waals surface area contributed by atoms with Crippen LogP contribution in [0.3, 0.4) is 0 Å². The van der Waals surface area contributed by atoms with Gasteiger partial charge in [-0.2, -0.15) is 5.10 Å². The zero-order valence-electron chi connectivity index (χ0n) is 11.7. The van der Waals surface area contributed by atoms with Gasteiger partial charge in [-0.15, -0.1) is 0 Å². The number of aromatic nitrogens is 2. The molecule has 1 atom stereocenters. The highest BCUT2D eigenvalue weighted by Gasteiger charge is 2.12. The van der Waals surface area contributed by atoms with E-state index in [1.54, 1.807) is 13.3 Å². The highest BCUT2D eigenvalue weighted by molar-refractivity contribution is 5.51. The summed E-state index contributed by atoms with van der Waals surface area (Å²) in [5.74, 6) is 0.508. The lowest BCUT2D eigenvalue weighted by Gasteiger charge is -2.23. The van der Waals surface area contributed by atoms with Crippen molar-refractivity contribution in [2.24, 2.45) is 5.92 Å². The third-order valence-electron chi connectivity index (χ3n) is 3.12. The predicted molar refractivity (Wildman–Crippen MR) is 77.7 cm³/mol. The van der Waals surface area contributed by atoms with Gasteiger partial charge in [0.2, 0.25) is 0 Å². The molecule has 102 valence electrons. The maximum absolute atomic E-state index is 5.26. The van der Waals surface area contributed by atoms with Crippen LogP contribution in [0.25, 0.3) is 5.69 Å². The van der Waals surface area contributed by atoms with E-state index in [1.165, 1.54) is 0 Å². The zero-order chi connectivity index (χ0) is 13.7. The summed E-state index contributed by atoms with van der Waals surface area (Å²) < 4.78 is 7.11. The van der Waals surface area contributed by atoms with Gasteiger partial charge in [-0.3, -0.25) is 0 Å². The molecule has 0 aliphatic rings. The van der Waals surface area contributed by atoms with Crippen LogP contribution in [0.2, 0.25) is 0 Å². The number of hydrogen-bond donors (Lipinski definition) is 1. The fraction of sp³-hybridized carbons (Fsp3) is 0.400. The standard InChI is InChI=1S/C15H21N3O/c1-12(2)15(11-19-3)17-13-6-4-7-14(10-13)18-9-5-8-16-18/h4-10,12,15,17H,11H2,1-3H3. The number of hydrogen-bond acceptors (Lipinski definition) is 3. The number of rotatable bonds is 6. The van der Waals surface area contributed by atoms with Crippen LogP contribution in [0.5, 0.6) is 0 Å². The normalized spacial score (nSPS) is 12.6. The van der Waals surface area contributed by atoms with Crippen LogP contribution in [0.4, 0.5) is 5.69 Å². The second-order valence-electron chi connectivity index (χ2n) is 4.95. The minimum absolute atomic E-state index is 0.304. The number of nitrogens with one attached hydrogen (secondary N) is 1. The van der Waals surface area contributed by atoms with Crippen LogP contribution >= 0.6 is 0 Å². The van der Waals surface area contributed by atoms with E-state index >= 15 is 0 Å². The third-order valence-corrected chi connectivity index (χ3v) is 3.12. The summed E-state index contributed by atoms with van der Waals surface area (Å²) in [6.07, 6.45) is 3.72. The van der Waals surface area contributed by atoms with Crippen molar-refractivity contribution >= 4 is 5.69 Å². The zero-order valence-corrected chi connectivity index (χ0v) is 11.7. The summed E-state index contributed by atoms with van der Waals surface area (Å²) in [4.78, 5) is 0. The van der Waals surface area contributed by atoms with E-state index in [0.717, 1.165) is 11.4 Å². The molecule has 0 radical (unpaired) electrons. The first-order valence-electron chi connectivity index (χ1n) is 6.56. The van der Waals surface area contributed by atoms with Crippen molar-refractivity contribution in [1.82, 2.24) is 9.78 Å². The summed E-state index contributed by atoms with van der Waals surface area (Å²) in [6.45, 7) is 5.08. The molecule has 4 nitrogen and oxygen atoms in total. The molecule has 0 fully saturated rings. The van der Waals surface area contributed by atoms with E-state index in [4.69, 9.17) is 4.74 Å². The maximum atomic E-state index is 5.26. The first kappa shape index (κ1) is 13.6. The van der Waals surface area contributed by atoms with Gasteiger partial charge in [0, 0.05) is 25.2 Å². The molecule has 2 rings (SSSR count). The van der Waals surface area contributed by atoms with Gasteiger partial charge in [0.25, 0.3) is 0 Å². The first-order valence-corrected chi connectivity index (χ1v) is 6.56. The smallest absolute Gasteiger partial charge is 0.0666 e. The maximum Gasteiger partial charge on any atom is 0.0666 e. The minimum Gasteiger partial charge on any atom is -0.383 e. The molecule has 0 aliphatic carbocycles. The van der Waals surface area contributed by atoms with E-state index in [1.807, 2.05) is 29.1 Å². The van der Waals surface area contributed by atoms with Gasteiger partial charge in [-0.05, 0) is 30.2 Å². The second-order valence-corrected chi connectivity index (χ2v) is 4.95. The van der Waals surface area contributed by atoms with Crippen LogP contribution < -0.4 is 5.32 Å². The highest BCUT2D eigenvalue weighted by atomic mass is 16.5. The monoisotopic (exact) mass is 259 g/mol. The van der Waals surface area contributed by atoms with Gasteiger partial charge in [-0.1, -0.05) is 19.9 Å². The molecule has 1 aromatic heterocycles. The predicted octanol–water partition coefficient (Wildman–Crippen LogP) is 2.96. The Balaban J connectivity index is 2.14. The Morgan fingerprint density at radius 1 is 1.32 bits per heavy atom. The molecule has 0 spiro atoms. The number of nitrogens with zero attached hydrogens (tertiary/aromatic N) is 2. The van der Waals surface area contributed by atoms with Gasteiger partial charge in [0.15, 0.2) is 0 Å². The van der Waals surface area contributed by atoms with Gasteiger partial charge in [0.05, 0.1) is 18.3 Å². The molecule has 1 heterocycles. The number of anilines is 1. The van der Waals surface area contributed by atoms with Gasteiger partial charge < -0.3 is 10.1 Å². The topological polar surface area (TPSA) is 39.1 Å². The van der Waals surface area contributed by atoms with Crippen LogP contribution in [0.15, 0.2) is 42.7 Å². The van der Waals surface area contributed by atoms with E-state index in [0.29, 0.717) is 18.6 Å². The lowest BCUT2D eigenvalue weighted by Crippen LogP contribution is -2.30. The molecule has 1 unspecified atom stereocenters. The molecule has 1 aromatic carbocycles. The Morgan fingerprint density at radius 3 is 2.79 bits per heavy atom. The molecular weight excluding hydrogens is 238 g/mol. The molecule has 0 saturated heterocycles. The van der Waals surface area contributed by atoms with Crippen molar-refractivity contribution in [3.8, 4) is 5.69 Å². The van der Waals surface area contributed by atoms with Crippen LogP contribution in [-0.4, -0.2) is 29.5 Å². The summed E-state index contributed by atoms with van der Waals surface area (Å²) in [7, 11) is 1.73. The fourth-order valence-electron chi connectivity index (χ4n) is 1.95. The fourth-order valence-corrected chi connectivity index (χ4v) is 1.95. The van der Waals surface area contributed by atoms with E-state index in [9.17, 15) is 0 Å². The number of methoxy groups -OCH3 is 1. The van der Waals surface area contributed by atoms with E-state index in [2.05, 4.69) is 36.4 Å². The molecule has 0 saturated carbocycles. The summed E-state index contributed by atoms with van der Waals surface area (Å²) in [6, 6.07) is 10.5. The third kappa shape index (κ3) is 3.58. The van der Waals surface area contributed by atoms with Crippen LogP contribution in [0.1, 0.15) is 13.8 Å². The molecule has 0 aliphatic heterocycles. The molecule has 2 aromatic rings. The van der Waals surface area contributed by atoms with Gasteiger partial charge >= 0.3 is 0 Å². The average molecular weight is 259 g/mol. The lowest BCUT2D eigenvalue weighted by molar-refractivity contribution is 0.171. The summed E-state index contributed by atoms with van der Waals surface area (Å²) in [5, 5.41) is 7.76. The summed E-state index contributed by atoms with van der Waals surface area (Å²) >= 11 is 0. The van der Waals surface area contributed by atoms with Gasteiger partial charge in [0.1, 0.15) is 0 Å². The molecule has 0 amide bonds. The van der Waals surface area contributed by atoms with Crippen molar-refractivity contribution in [3.63, 3.8) is 0 Å². The average Bonchev–Trinajstić information content (AvgIpc) is 2.92. The van der Waals surface area contributed by atoms with Crippen LogP contribution in [0, 0.1) is 5.92 Å². The second kappa shape index (κ2) is 6.38. The van der Waals surface area contributed by atoms with Crippen molar-refractivity contribution in [2.75, 3.05) is 19.0 Å². The van der Waals surface area contributed by atoms with Crippen molar-refractivity contribution in [1.29, 1.82) is 0 Å². The molecular formula is C15H21N3O. The SMILES string of the molecule is COCC(Nc1cccc(-n2cccn2)c1)C(C)C. The van der Waals surface area contributed by atoms with Crippen LogP contribution in [-0.2, 0) is 4.74 Å². The molecule has 0 bridgehead atoms. The first-order chi connectivity index (χ1) is 9.20. The van der Waals surface area contributed by atoms with Gasteiger partial charge in [-0.25, -0.2) is 4.68 Å². The Morgan fingerprint density at radius 2 is 2.16 bits per heavy atom. The van der Waals surface area contributed by atoms with E-state index in [-0.39, 0.29) is 0 Å². The number of benzene rings is 1. The Hall–Kier alpha value is -1.81. The molecule has 1 N–H and O–H groups in total. The van der Waals surface area contributed by atoms with Crippen molar-refractivity contribution in [2.45, 2.75) is 19.9 Å². The molecule has 4 heteroatoms. The largest absolute Gasteiger partial charge is 0.383 e. The highest BCUT2D eigenvalue weighted by Crippen LogP contribution is 2.17. The Labute approximate surface area is 114 Å². The van der Waals surface area contributed by atoms with E-state index < -0.39 is 0 Å². The minimum atomic E-state index is 0.304. The summed E-state index contributed by atoms with van der Waals surface area (Å²) in [5.41, 5.74) is 2.14. The quantitative estimate of drug-likeness (QED) is 0.867. The lowest BCUT2D eigenvalue weighted by atomic mass is 10.0. The van der Waals surface area contributed by atoms with Crippen molar-refractivity contribution in [3.05, 3.63) is 42.7 Å². The Kier molecular flexibility index (Phi) is 4.58. The molecule has 19 heavy (non-hydrogen) atoms. The Bertz CT molecular complexity index is 494. The van der Waals surface area contributed by atoms with Crippen molar-refractivity contribution < 1.29 is 4.74 Å².